The molecule has 0 aliphatic carbocycles. The lowest BCUT2D eigenvalue weighted by molar-refractivity contribution is -0.301. The first-order chi connectivity index (χ1) is 37.6. The van der Waals surface area contributed by atoms with Crippen LogP contribution in [0.2, 0.25) is 0 Å². The average Bonchev–Trinajstić information content (AvgIpc) is 3.42. The van der Waals surface area contributed by atoms with E-state index in [1.165, 1.54) is 19.3 Å². The third kappa shape index (κ3) is 41.8. The second-order valence-electron chi connectivity index (χ2n) is 19.5. The van der Waals surface area contributed by atoms with Gasteiger partial charge < -0.3 is 39.0 Å². The molecule has 12 nitrogen and oxygen atoms in total. The number of carboxylic acid groups (broad SMARTS) is 1. The summed E-state index contributed by atoms with van der Waals surface area (Å²) in [5.41, 5.74) is 0. The Morgan fingerprint density at radius 3 is 1.31 bits per heavy atom. The van der Waals surface area contributed by atoms with Crippen LogP contribution in [0.15, 0.2) is 122 Å². The molecule has 77 heavy (non-hydrogen) atoms. The van der Waals surface area contributed by atoms with Crippen LogP contribution in [0.4, 0.5) is 0 Å². The maximum Gasteiger partial charge on any atom is 0.335 e. The minimum atomic E-state index is -1.94. The third-order valence-corrected chi connectivity index (χ3v) is 12.5. The van der Waals surface area contributed by atoms with E-state index in [-0.39, 0.29) is 25.9 Å². The number of unbranched alkanes of at least 4 members (excludes halogenated alkanes) is 14. The average molecular weight is 1080 g/mol. The van der Waals surface area contributed by atoms with Crippen molar-refractivity contribution in [2.45, 2.75) is 250 Å². The van der Waals surface area contributed by atoms with E-state index in [2.05, 4.69) is 124 Å². The van der Waals surface area contributed by atoms with Gasteiger partial charge in [-0.1, -0.05) is 206 Å². The van der Waals surface area contributed by atoms with Crippen molar-refractivity contribution in [1.82, 2.24) is 0 Å². The molecule has 0 spiro atoms. The van der Waals surface area contributed by atoms with Crippen LogP contribution in [0.3, 0.4) is 0 Å². The van der Waals surface area contributed by atoms with E-state index >= 15 is 0 Å². The number of ether oxygens (including phenoxy) is 5. The second-order valence-corrected chi connectivity index (χ2v) is 19.5. The Morgan fingerprint density at radius 1 is 0.442 bits per heavy atom. The molecule has 6 unspecified atom stereocenters. The normalized spacial score (nSPS) is 18.9. The molecule has 1 aliphatic rings. The van der Waals surface area contributed by atoms with Gasteiger partial charge in [-0.05, 0) is 109 Å². The number of carbonyl (C=O) groups is 4. The summed E-state index contributed by atoms with van der Waals surface area (Å²) >= 11 is 0. The minimum Gasteiger partial charge on any atom is -0.479 e. The van der Waals surface area contributed by atoms with E-state index in [4.69, 9.17) is 23.7 Å². The summed E-state index contributed by atoms with van der Waals surface area (Å²) in [7, 11) is 0. The van der Waals surface area contributed by atoms with Gasteiger partial charge in [0.15, 0.2) is 24.6 Å². The smallest absolute Gasteiger partial charge is 0.335 e. The predicted molar refractivity (Wildman–Crippen MR) is 312 cm³/mol. The quantitative estimate of drug-likeness (QED) is 0.0228. The first kappa shape index (κ1) is 70.1. The lowest BCUT2D eigenvalue weighted by atomic mass is 9.98. The highest BCUT2D eigenvalue weighted by Crippen LogP contribution is 2.26. The summed E-state index contributed by atoms with van der Waals surface area (Å²) in [6.45, 7) is 5.67. The Kier molecular flexibility index (Phi) is 47.2. The minimum absolute atomic E-state index is 0.0723. The van der Waals surface area contributed by atoms with Gasteiger partial charge >= 0.3 is 23.9 Å². The maximum absolute atomic E-state index is 13.1. The molecular formula is C65H102O12. The maximum atomic E-state index is 13.1. The number of esters is 3. The Balaban J connectivity index is 2.72. The number of allylic oxidation sites excluding steroid dienone is 20. The third-order valence-electron chi connectivity index (χ3n) is 12.5. The van der Waals surface area contributed by atoms with Gasteiger partial charge in [-0.15, -0.1) is 0 Å². The number of rotatable bonds is 48. The summed E-state index contributed by atoms with van der Waals surface area (Å²) in [5, 5.41) is 31.5. The van der Waals surface area contributed by atoms with Gasteiger partial charge in [0, 0.05) is 19.3 Å². The highest BCUT2D eigenvalue weighted by atomic mass is 16.7. The fraction of sp³-hybridized carbons (Fsp3) is 0.631. The first-order valence-electron chi connectivity index (χ1n) is 29.5. The molecule has 0 bridgehead atoms. The lowest BCUT2D eigenvalue weighted by Crippen LogP contribution is -2.61. The van der Waals surface area contributed by atoms with Crippen LogP contribution in [0, 0.1) is 0 Å². The molecule has 0 aromatic heterocycles. The van der Waals surface area contributed by atoms with Crippen molar-refractivity contribution in [1.29, 1.82) is 0 Å². The number of hydrogen-bond acceptors (Lipinski definition) is 11. The van der Waals surface area contributed by atoms with Crippen molar-refractivity contribution in [3.8, 4) is 0 Å². The zero-order valence-corrected chi connectivity index (χ0v) is 47.7. The molecule has 12 heteroatoms. The van der Waals surface area contributed by atoms with E-state index in [0.717, 1.165) is 128 Å². The van der Waals surface area contributed by atoms with Crippen LogP contribution in [0.5, 0.6) is 0 Å². The van der Waals surface area contributed by atoms with Crippen molar-refractivity contribution in [2.75, 3.05) is 13.2 Å². The van der Waals surface area contributed by atoms with Gasteiger partial charge in [-0.3, -0.25) is 14.4 Å². The molecule has 0 radical (unpaired) electrons. The molecule has 3 N–H and O–H groups in total. The van der Waals surface area contributed by atoms with Gasteiger partial charge in [-0.25, -0.2) is 4.79 Å². The van der Waals surface area contributed by atoms with Gasteiger partial charge in [0.05, 0.1) is 6.61 Å². The zero-order valence-electron chi connectivity index (χ0n) is 47.7. The van der Waals surface area contributed by atoms with E-state index in [1.54, 1.807) is 0 Å². The lowest BCUT2D eigenvalue weighted by Gasteiger charge is -2.40. The van der Waals surface area contributed by atoms with E-state index in [9.17, 15) is 34.5 Å². The number of carbonyl (C=O) groups excluding carboxylic acids is 3. The zero-order chi connectivity index (χ0) is 56.1. The Labute approximate surface area is 465 Å². The van der Waals surface area contributed by atoms with Crippen molar-refractivity contribution in [2.24, 2.45) is 0 Å². The Bertz CT molecular complexity index is 1800. The fourth-order valence-corrected chi connectivity index (χ4v) is 8.03. The summed E-state index contributed by atoms with van der Waals surface area (Å²) in [6.07, 6.45) is 59.0. The molecule has 0 amide bonds. The SMILES string of the molecule is CC/C=C\C/C=C\C/C=C\C/C=C\C/C=C\C/C=C\CCC(=O)OC1C(OCC(COC(=O)CCCCCCCCC/C=C\C/C=C\C/C=C\CC)OC(=O)CCCCCCC/C=C\CCCC)OC(C(=O)O)C(O)C1O. The molecule has 1 heterocycles. The topological polar surface area (TPSA) is 175 Å². The van der Waals surface area contributed by atoms with E-state index < -0.39 is 67.3 Å². The molecule has 1 saturated heterocycles. The Morgan fingerprint density at radius 2 is 0.844 bits per heavy atom. The molecule has 1 fully saturated rings. The second kappa shape index (κ2) is 51.9. The van der Waals surface area contributed by atoms with Crippen LogP contribution in [0.1, 0.15) is 213 Å². The molecule has 0 aromatic carbocycles. The van der Waals surface area contributed by atoms with Crippen LogP contribution in [-0.4, -0.2) is 89.2 Å². The summed E-state index contributed by atoms with van der Waals surface area (Å²) in [5.74, 6) is -3.27. The van der Waals surface area contributed by atoms with Crippen molar-refractivity contribution in [3.63, 3.8) is 0 Å². The monoisotopic (exact) mass is 1070 g/mol. The van der Waals surface area contributed by atoms with Crippen LogP contribution in [0.25, 0.3) is 0 Å². The number of aliphatic hydroxyl groups excluding tert-OH is 2. The predicted octanol–water partition coefficient (Wildman–Crippen LogP) is 15.2. The fourth-order valence-electron chi connectivity index (χ4n) is 8.03. The largest absolute Gasteiger partial charge is 0.479 e. The summed E-state index contributed by atoms with van der Waals surface area (Å²) < 4.78 is 28.3. The highest BCUT2D eigenvalue weighted by Gasteiger charge is 2.50. The highest BCUT2D eigenvalue weighted by molar-refractivity contribution is 5.74. The van der Waals surface area contributed by atoms with Crippen LogP contribution in [-0.2, 0) is 42.9 Å². The molecule has 0 aromatic rings. The van der Waals surface area contributed by atoms with Crippen LogP contribution < -0.4 is 0 Å². The van der Waals surface area contributed by atoms with Crippen molar-refractivity contribution >= 4 is 23.9 Å². The first-order valence-corrected chi connectivity index (χ1v) is 29.5. The molecule has 434 valence electrons. The molecule has 6 atom stereocenters. The number of hydrogen-bond donors (Lipinski definition) is 3. The van der Waals surface area contributed by atoms with Gasteiger partial charge in [0.2, 0.25) is 0 Å². The Hall–Kier alpha value is -4.88. The molecule has 0 saturated carbocycles. The number of aliphatic carboxylic acids is 1. The van der Waals surface area contributed by atoms with E-state index in [0.29, 0.717) is 25.7 Å². The van der Waals surface area contributed by atoms with Gasteiger partial charge in [-0.2, -0.15) is 0 Å². The standard InChI is InChI=1S/C65H102O12/c1-4-7-10-13-16-19-22-24-26-28-29-31-33-35-38-41-44-47-50-53-59(68)76-63-61(70)60(69)62(64(71)72)77-65(63)74-55-56(75-58(67)52-49-46-43-40-36-21-18-15-12-9-6-3)54-73-57(66)51-48-45-42-39-37-34-32-30-27-25-23-20-17-14-11-8-5-2/h7-8,10-11,15-20,24-27,29,31,35,38,44,47,56,60-63,65,69-70H,4-6,9,12-14,21-23,28,30,32-34,36-37,39-43,45-46,48-55H2,1-3H3,(H,71,72)/b10-7-,11-8-,18-15-,19-16-,20-17-,26-24-,27-25-,31-29-,38-35-,47-44-. The molecular weight excluding hydrogens is 973 g/mol. The summed E-state index contributed by atoms with van der Waals surface area (Å²) in [6, 6.07) is 0. The van der Waals surface area contributed by atoms with Crippen LogP contribution >= 0.6 is 0 Å². The van der Waals surface area contributed by atoms with E-state index in [1.807, 2.05) is 18.2 Å². The summed E-state index contributed by atoms with van der Waals surface area (Å²) in [4.78, 5) is 51.1. The molecule has 1 rings (SSSR count). The molecule has 1 aliphatic heterocycles. The van der Waals surface area contributed by atoms with Gasteiger partial charge in [0.25, 0.3) is 0 Å². The van der Waals surface area contributed by atoms with Gasteiger partial charge in [0.1, 0.15) is 18.8 Å². The number of aliphatic hydroxyl groups is 2. The number of carboxylic acids is 1. The van der Waals surface area contributed by atoms with Crippen molar-refractivity contribution < 1.29 is 58.2 Å². The van der Waals surface area contributed by atoms with Crippen molar-refractivity contribution in [3.05, 3.63) is 122 Å².